The first-order valence-corrected chi connectivity index (χ1v) is 6.54. The van der Waals surface area contributed by atoms with Crippen LogP contribution >= 0.6 is 15.9 Å². The summed E-state index contributed by atoms with van der Waals surface area (Å²) >= 11 is 3.58. The Morgan fingerprint density at radius 3 is 3.06 bits per heavy atom. The summed E-state index contributed by atoms with van der Waals surface area (Å²) < 4.78 is 12.4. The molecule has 2 nitrogen and oxygen atoms in total. The molecule has 0 radical (unpaired) electrons. The van der Waals surface area contributed by atoms with Crippen LogP contribution < -0.4 is 0 Å². The van der Waals surface area contributed by atoms with E-state index < -0.39 is 0 Å². The molecule has 1 heterocycles. The summed E-state index contributed by atoms with van der Waals surface area (Å²) in [6.45, 7) is 3.54. The van der Waals surface area contributed by atoms with Gasteiger partial charge in [-0.05, 0) is 37.3 Å². The molecule has 0 amide bonds. The van der Waals surface area contributed by atoms with Crippen LogP contribution in [0.15, 0.2) is 22.7 Å². The van der Waals surface area contributed by atoms with E-state index in [-0.39, 0.29) is 6.29 Å². The number of rotatable bonds is 3. The van der Waals surface area contributed by atoms with E-state index in [1.807, 2.05) is 0 Å². The summed E-state index contributed by atoms with van der Waals surface area (Å²) in [5, 5.41) is 0. The van der Waals surface area contributed by atoms with Gasteiger partial charge in [0.1, 0.15) is 0 Å². The summed E-state index contributed by atoms with van der Waals surface area (Å²) in [6, 6.07) is 6.23. The quantitative estimate of drug-likeness (QED) is 0.841. The lowest BCUT2D eigenvalue weighted by molar-refractivity contribution is -0.169. The minimum atomic E-state index is -0.0128. The van der Waals surface area contributed by atoms with Crippen LogP contribution in [-0.2, 0) is 16.1 Å². The third-order valence-electron chi connectivity index (χ3n) is 2.83. The van der Waals surface area contributed by atoms with Crippen LogP contribution in [-0.4, -0.2) is 12.9 Å². The largest absolute Gasteiger partial charge is 0.353 e. The third kappa shape index (κ3) is 3.06. The molecule has 0 N–H and O–H groups in total. The number of aryl methyl sites for hydroxylation is 1. The standard InChI is InChI=1S/C13H17BrO2/c1-10-5-4-6-11(13(10)14)9-16-12-7-2-3-8-15-12/h4-6,12H,2-3,7-9H2,1H3. The van der Waals surface area contributed by atoms with Gasteiger partial charge >= 0.3 is 0 Å². The fourth-order valence-electron chi connectivity index (χ4n) is 1.85. The van der Waals surface area contributed by atoms with E-state index in [1.165, 1.54) is 17.5 Å². The van der Waals surface area contributed by atoms with E-state index in [4.69, 9.17) is 9.47 Å². The van der Waals surface area contributed by atoms with Crippen LogP contribution in [0.1, 0.15) is 30.4 Å². The Morgan fingerprint density at radius 1 is 1.44 bits per heavy atom. The van der Waals surface area contributed by atoms with E-state index in [2.05, 4.69) is 41.1 Å². The first-order valence-electron chi connectivity index (χ1n) is 5.74. The van der Waals surface area contributed by atoms with Gasteiger partial charge in [-0.1, -0.05) is 34.1 Å². The van der Waals surface area contributed by atoms with Crippen molar-refractivity contribution in [2.75, 3.05) is 6.61 Å². The molecule has 1 atom stereocenters. The van der Waals surface area contributed by atoms with E-state index in [1.54, 1.807) is 0 Å². The lowest BCUT2D eigenvalue weighted by Gasteiger charge is -2.23. The summed E-state index contributed by atoms with van der Waals surface area (Å²) in [5.74, 6) is 0. The second kappa shape index (κ2) is 5.80. The number of benzene rings is 1. The lowest BCUT2D eigenvalue weighted by Crippen LogP contribution is -2.22. The Morgan fingerprint density at radius 2 is 2.31 bits per heavy atom. The molecule has 1 aliphatic rings. The van der Waals surface area contributed by atoms with E-state index >= 15 is 0 Å². The van der Waals surface area contributed by atoms with Gasteiger partial charge in [0.15, 0.2) is 6.29 Å². The van der Waals surface area contributed by atoms with Crippen molar-refractivity contribution in [1.82, 2.24) is 0 Å². The third-order valence-corrected chi connectivity index (χ3v) is 3.97. The molecule has 1 aromatic carbocycles. The van der Waals surface area contributed by atoms with Crippen LogP contribution in [0.3, 0.4) is 0 Å². The van der Waals surface area contributed by atoms with Crippen molar-refractivity contribution in [3.8, 4) is 0 Å². The Kier molecular flexibility index (Phi) is 4.38. The molecule has 0 aliphatic carbocycles. The lowest BCUT2D eigenvalue weighted by atomic mass is 10.1. The van der Waals surface area contributed by atoms with Crippen molar-refractivity contribution in [2.24, 2.45) is 0 Å². The van der Waals surface area contributed by atoms with Crippen molar-refractivity contribution in [2.45, 2.75) is 39.1 Å². The molecule has 1 aliphatic heterocycles. The molecule has 1 saturated heterocycles. The van der Waals surface area contributed by atoms with Gasteiger partial charge in [0.2, 0.25) is 0 Å². The second-order valence-corrected chi connectivity index (χ2v) is 4.95. The topological polar surface area (TPSA) is 18.5 Å². The maximum atomic E-state index is 5.75. The molecular formula is C13H17BrO2. The molecule has 1 fully saturated rings. The zero-order chi connectivity index (χ0) is 11.4. The van der Waals surface area contributed by atoms with Crippen molar-refractivity contribution < 1.29 is 9.47 Å². The number of hydrogen-bond donors (Lipinski definition) is 0. The average molecular weight is 285 g/mol. The normalized spacial score (nSPS) is 21.0. The highest BCUT2D eigenvalue weighted by molar-refractivity contribution is 9.10. The van der Waals surface area contributed by atoms with Gasteiger partial charge in [0.05, 0.1) is 6.61 Å². The molecule has 2 rings (SSSR count). The van der Waals surface area contributed by atoms with Crippen molar-refractivity contribution >= 4 is 15.9 Å². The van der Waals surface area contributed by atoms with Crippen LogP contribution in [0.5, 0.6) is 0 Å². The maximum absolute atomic E-state index is 5.75. The number of ether oxygens (including phenoxy) is 2. The van der Waals surface area contributed by atoms with Crippen molar-refractivity contribution in [3.63, 3.8) is 0 Å². The smallest absolute Gasteiger partial charge is 0.158 e. The molecule has 16 heavy (non-hydrogen) atoms. The highest BCUT2D eigenvalue weighted by atomic mass is 79.9. The van der Waals surface area contributed by atoms with E-state index in [0.717, 1.165) is 23.9 Å². The van der Waals surface area contributed by atoms with Crippen LogP contribution in [0.2, 0.25) is 0 Å². The molecule has 0 aromatic heterocycles. The Hall–Kier alpha value is -0.380. The molecule has 1 aromatic rings. The van der Waals surface area contributed by atoms with Crippen molar-refractivity contribution in [1.29, 1.82) is 0 Å². The highest BCUT2D eigenvalue weighted by Crippen LogP contribution is 2.23. The second-order valence-electron chi connectivity index (χ2n) is 4.16. The average Bonchev–Trinajstić information content (AvgIpc) is 2.32. The summed E-state index contributed by atoms with van der Waals surface area (Å²) in [6.07, 6.45) is 3.37. The number of halogens is 1. The molecule has 1 unspecified atom stereocenters. The fraction of sp³-hybridized carbons (Fsp3) is 0.538. The summed E-state index contributed by atoms with van der Waals surface area (Å²) in [7, 11) is 0. The Labute approximate surface area is 105 Å². The van der Waals surface area contributed by atoms with Crippen LogP contribution in [0.25, 0.3) is 0 Å². The predicted molar refractivity (Wildman–Crippen MR) is 67.3 cm³/mol. The van der Waals surface area contributed by atoms with Gasteiger partial charge in [0, 0.05) is 11.1 Å². The SMILES string of the molecule is Cc1cccc(COC2CCCCO2)c1Br. The predicted octanol–water partition coefficient (Wildman–Crippen LogP) is 3.80. The molecule has 88 valence electrons. The van der Waals surface area contributed by atoms with E-state index in [9.17, 15) is 0 Å². The highest BCUT2D eigenvalue weighted by Gasteiger charge is 2.14. The Bertz CT molecular complexity index is 346. The van der Waals surface area contributed by atoms with Gasteiger partial charge in [-0.25, -0.2) is 0 Å². The number of hydrogen-bond acceptors (Lipinski definition) is 2. The first kappa shape index (κ1) is 12.1. The molecule has 0 saturated carbocycles. The molecule has 3 heteroatoms. The minimum Gasteiger partial charge on any atom is -0.353 e. The van der Waals surface area contributed by atoms with Gasteiger partial charge < -0.3 is 9.47 Å². The van der Waals surface area contributed by atoms with Crippen LogP contribution in [0.4, 0.5) is 0 Å². The van der Waals surface area contributed by atoms with Gasteiger partial charge in [-0.2, -0.15) is 0 Å². The van der Waals surface area contributed by atoms with Crippen molar-refractivity contribution in [3.05, 3.63) is 33.8 Å². The van der Waals surface area contributed by atoms with Gasteiger partial charge in [-0.3, -0.25) is 0 Å². The monoisotopic (exact) mass is 284 g/mol. The Balaban J connectivity index is 1.91. The maximum Gasteiger partial charge on any atom is 0.158 e. The molecule has 0 bridgehead atoms. The zero-order valence-electron chi connectivity index (χ0n) is 9.54. The molecule has 0 spiro atoms. The minimum absolute atomic E-state index is 0.0128. The van der Waals surface area contributed by atoms with Gasteiger partial charge in [0.25, 0.3) is 0 Å². The first-order chi connectivity index (χ1) is 7.77. The van der Waals surface area contributed by atoms with Gasteiger partial charge in [-0.15, -0.1) is 0 Å². The summed E-state index contributed by atoms with van der Waals surface area (Å²) in [4.78, 5) is 0. The van der Waals surface area contributed by atoms with Crippen LogP contribution in [0, 0.1) is 6.92 Å². The molecular weight excluding hydrogens is 268 g/mol. The fourth-order valence-corrected chi connectivity index (χ4v) is 2.22. The van der Waals surface area contributed by atoms with E-state index in [0.29, 0.717) is 6.61 Å². The summed E-state index contributed by atoms with van der Waals surface area (Å²) in [5.41, 5.74) is 2.43. The zero-order valence-corrected chi connectivity index (χ0v) is 11.1.